The van der Waals surface area contributed by atoms with E-state index in [1.54, 1.807) is 0 Å². The summed E-state index contributed by atoms with van der Waals surface area (Å²) in [5, 5.41) is 0.681. The molecule has 0 bridgehead atoms. The molecule has 0 atom stereocenters. The second kappa shape index (κ2) is 8.50. The molecule has 0 fully saturated rings. The maximum absolute atomic E-state index is 13.0. The number of fused-ring (bicyclic) bond motifs is 1. The molecule has 128 valence electrons. The van der Waals surface area contributed by atoms with Crippen molar-refractivity contribution < 1.29 is 9.64 Å². The fraction of sp³-hybridized carbons (Fsp3) is 0.350. The van der Waals surface area contributed by atoms with Gasteiger partial charge in [0, 0.05) is 16.6 Å². The van der Waals surface area contributed by atoms with Crippen LogP contribution in [0.3, 0.4) is 0 Å². The third-order valence-electron chi connectivity index (χ3n) is 4.05. The van der Waals surface area contributed by atoms with Crippen LogP contribution in [0.25, 0.3) is 10.9 Å². The lowest BCUT2D eigenvalue weighted by molar-refractivity contribution is -0.902. The fourth-order valence-corrected chi connectivity index (χ4v) is 2.84. The standard InChI is InChI=1S/C20H26N2O2/c1-5-10-22(11-6-2)14-18-15(4)21-19-9-8-16(24-12-7-3)13-17(19)20(18)23/h5-6,8-9,13H,1-2,7,10-12,14H2,3-4H3,(H,21,23)/p+1. The number of pyridine rings is 1. The third-order valence-corrected chi connectivity index (χ3v) is 4.05. The molecule has 0 unspecified atom stereocenters. The Hall–Kier alpha value is -2.33. The molecular formula is C20H27N2O2+. The summed E-state index contributed by atoms with van der Waals surface area (Å²) in [5.74, 6) is 0.742. The Labute approximate surface area is 143 Å². The van der Waals surface area contributed by atoms with Crippen molar-refractivity contribution in [3.8, 4) is 5.75 Å². The Bertz CT molecular complexity index is 767. The van der Waals surface area contributed by atoms with Crippen LogP contribution in [0.2, 0.25) is 0 Å². The number of aryl methyl sites for hydroxylation is 1. The van der Waals surface area contributed by atoms with Gasteiger partial charge >= 0.3 is 0 Å². The summed E-state index contributed by atoms with van der Waals surface area (Å²) in [5.41, 5.74) is 2.65. The Kier molecular flexibility index (Phi) is 6.38. The molecule has 0 amide bonds. The summed E-state index contributed by atoms with van der Waals surface area (Å²) < 4.78 is 5.66. The highest BCUT2D eigenvalue weighted by Gasteiger charge is 2.15. The molecule has 4 heteroatoms. The molecule has 0 saturated heterocycles. The molecule has 0 aliphatic rings. The largest absolute Gasteiger partial charge is 0.494 e. The first kappa shape index (κ1) is 18.0. The zero-order chi connectivity index (χ0) is 17.5. The highest BCUT2D eigenvalue weighted by atomic mass is 16.5. The van der Waals surface area contributed by atoms with Crippen LogP contribution in [-0.2, 0) is 6.54 Å². The molecule has 0 aliphatic carbocycles. The van der Waals surface area contributed by atoms with Crippen molar-refractivity contribution in [2.45, 2.75) is 26.8 Å². The Morgan fingerprint density at radius 2 is 1.96 bits per heavy atom. The predicted molar refractivity (Wildman–Crippen MR) is 99.9 cm³/mol. The summed E-state index contributed by atoms with van der Waals surface area (Å²) in [6.07, 6.45) is 4.69. The minimum absolute atomic E-state index is 0.0776. The van der Waals surface area contributed by atoms with E-state index in [2.05, 4.69) is 25.1 Å². The number of H-pyrrole nitrogens is 1. The number of aromatic nitrogens is 1. The van der Waals surface area contributed by atoms with Crippen molar-refractivity contribution in [2.24, 2.45) is 0 Å². The Morgan fingerprint density at radius 1 is 1.25 bits per heavy atom. The fourth-order valence-electron chi connectivity index (χ4n) is 2.84. The lowest BCUT2D eigenvalue weighted by Gasteiger charge is -2.17. The normalized spacial score (nSPS) is 11.0. The van der Waals surface area contributed by atoms with Crippen molar-refractivity contribution in [3.63, 3.8) is 0 Å². The average Bonchev–Trinajstić information content (AvgIpc) is 2.57. The van der Waals surface area contributed by atoms with Gasteiger partial charge in [0.15, 0.2) is 5.43 Å². The van der Waals surface area contributed by atoms with Gasteiger partial charge in [0.05, 0.1) is 25.3 Å². The van der Waals surface area contributed by atoms with E-state index in [1.807, 2.05) is 37.3 Å². The van der Waals surface area contributed by atoms with E-state index < -0.39 is 0 Å². The summed E-state index contributed by atoms with van der Waals surface area (Å²) in [4.78, 5) is 17.6. The summed E-state index contributed by atoms with van der Waals surface area (Å²) in [7, 11) is 0. The SMILES string of the molecule is C=CC[NH+](CC=C)Cc1c(C)[nH]c2ccc(OCCC)cc2c1=O. The molecule has 2 rings (SSSR count). The molecule has 1 aromatic carbocycles. The van der Waals surface area contributed by atoms with E-state index in [9.17, 15) is 4.79 Å². The first-order chi connectivity index (χ1) is 11.6. The first-order valence-electron chi connectivity index (χ1n) is 8.44. The highest BCUT2D eigenvalue weighted by molar-refractivity contribution is 5.81. The van der Waals surface area contributed by atoms with Gasteiger partial charge in [0.2, 0.25) is 0 Å². The highest BCUT2D eigenvalue weighted by Crippen LogP contribution is 2.18. The van der Waals surface area contributed by atoms with E-state index in [0.29, 0.717) is 18.5 Å². The summed E-state index contributed by atoms with van der Waals surface area (Å²) in [6, 6.07) is 5.66. The molecule has 2 N–H and O–H groups in total. The molecule has 4 nitrogen and oxygen atoms in total. The van der Waals surface area contributed by atoms with Crippen LogP contribution in [0.1, 0.15) is 24.6 Å². The quantitative estimate of drug-likeness (QED) is 0.695. The van der Waals surface area contributed by atoms with Crippen LogP contribution in [0.15, 0.2) is 48.3 Å². The number of nitrogens with one attached hydrogen (secondary N) is 2. The van der Waals surface area contributed by atoms with Crippen molar-refractivity contribution in [1.29, 1.82) is 0 Å². The topological polar surface area (TPSA) is 46.5 Å². The molecule has 0 saturated carbocycles. The number of hydrogen-bond acceptors (Lipinski definition) is 2. The number of ether oxygens (including phenoxy) is 1. The predicted octanol–water partition coefficient (Wildman–Crippen LogP) is 2.38. The average molecular weight is 327 g/mol. The van der Waals surface area contributed by atoms with E-state index >= 15 is 0 Å². The maximum atomic E-state index is 13.0. The summed E-state index contributed by atoms with van der Waals surface area (Å²) >= 11 is 0. The lowest BCUT2D eigenvalue weighted by atomic mass is 10.1. The van der Waals surface area contributed by atoms with E-state index in [1.165, 1.54) is 4.90 Å². The molecule has 0 aliphatic heterocycles. The minimum atomic E-state index is 0.0776. The number of rotatable bonds is 9. The van der Waals surface area contributed by atoms with Gasteiger partial charge in [-0.2, -0.15) is 0 Å². The first-order valence-corrected chi connectivity index (χ1v) is 8.44. The molecule has 1 heterocycles. The molecule has 0 spiro atoms. The van der Waals surface area contributed by atoms with Gasteiger partial charge in [-0.1, -0.05) is 20.1 Å². The second-order valence-electron chi connectivity index (χ2n) is 6.03. The number of benzene rings is 1. The molecular weight excluding hydrogens is 300 g/mol. The number of aromatic amines is 1. The zero-order valence-corrected chi connectivity index (χ0v) is 14.7. The van der Waals surface area contributed by atoms with Crippen molar-refractivity contribution in [3.05, 3.63) is 65.0 Å². The zero-order valence-electron chi connectivity index (χ0n) is 14.7. The van der Waals surface area contributed by atoms with Gasteiger partial charge in [-0.05, 0) is 43.7 Å². The van der Waals surface area contributed by atoms with Crippen LogP contribution >= 0.6 is 0 Å². The van der Waals surface area contributed by atoms with Crippen LogP contribution in [0.4, 0.5) is 0 Å². The van der Waals surface area contributed by atoms with Gasteiger partial charge in [-0.3, -0.25) is 4.79 Å². The molecule has 24 heavy (non-hydrogen) atoms. The van der Waals surface area contributed by atoms with Gasteiger partial charge in [-0.15, -0.1) is 0 Å². The van der Waals surface area contributed by atoms with Gasteiger partial charge < -0.3 is 14.6 Å². The van der Waals surface area contributed by atoms with E-state index in [4.69, 9.17) is 4.74 Å². The molecule has 1 aromatic heterocycles. The maximum Gasteiger partial charge on any atom is 0.198 e. The van der Waals surface area contributed by atoms with Crippen LogP contribution in [-0.4, -0.2) is 24.7 Å². The van der Waals surface area contributed by atoms with Crippen LogP contribution in [0.5, 0.6) is 5.75 Å². The minimum Gasteiger partial charge on any atom is -0.494 e. The van der Waals surface area contributed by atoms with Crippen molar-refractivity contribution in [1.82, 2.24) is 4.98 Å². The van der Waals surface area contributed by atoms with Gasteiger partial charge in [-0.25, -0.2) is 0 Å². The lowest BCUT2D eigenvalue weighted by Crippen LogP contribution is -3.10. The van der Waals surface area contributed by atoms with Crippen LogP contribution < -0.4 is 15.1 Å². The number of hydrogen-bond donors (Lipinski definition) is 2. The van der Waals surface area contributed by atoms with Crippen molar-refractivity contribution >= 4 is 10.9 Å². The Morgan fingerprint density at radius 3 is 2.58 bits per heavy atom. The van der Waals surface area contributed by atoms with Gasteiger partial charge in [0.1, 0.15) is 12.3 Å². The summed E-state index contributed by atoms with van der Waals surface area (Å²) in [6.45, 7) is 14.5. The molecule has 0 radical (unpaired) electrons. The van der Waals surface area contributed by atoms with E-state index in [-0.39, 0.29) is 5.43 Å². The second-order valence-corrected chi connectivity index (χ2v) is 6.03. The third kappa shape index (κ3) is 4.15. The van der Waals surface area contributed by atoms with Crippen molar-refractivity contribution in [2.75, 3.05) is 19.7 Å². The van der Waals surface area contributed by atoms with E-state index in [0.717, 1.165) is 42.0 Å². The monoisotopic (exact) mass is 327 g/mol. The Balaban J connectivity index is 2.43. The molecule has 2 aromatic rings. The van der Waals surface area contributed by atoms with Gasteiger partial charge in [0.25, 0.3) is 0 Å². The van der Waals surface area contributed by atoms with Crippen LogP contribution in [0, 0.1) is 6.92 Å². The number of quaternary nitrogens is 1. The smallest absolute Gasteiger partial charge is 0.198 e.